The Morgan fingerprint density at radius 2 is 1.94 bits per heavy atom. The summed E-state index contributed by atoms with van der Waals surface area (Å²) < 4.78 is 18.0. The average Bonchev–Trinajstić information content (AvgIpc) is 2.39. The molecule has 1 aromatic carbocycles. The molecule has 18 heavy (non-hydrogen) atoms. The molecule has 0 aliphatic carbocycles. The molecule has 2 nitrogen and oxygen atoms in total. The van der Waals surface area contributed by atoms with E-state index in [1.165, 1.54) is 24.3 Å². The summed E-state index contributed by atoms with van der Waals surface area (Å²) >= 11 is 0. The summed E-state index contributed by atoms with van der Waals surface area (Å²) in [5.41, 5.74) is 0.404. The number of ether oxygens (including phenoxy) is 1. The van der Waals surface area contributed by atoms with Crippen LogP contribution < -0.4 is 0 Å². The standard InChI is InChI=1S/C15H21FO2/c1-3-5-6-12(4-2)11-18-15(17)13-7-9-14(16)10-8-13/h7-10,12H,3-6,11H2,1-2H3. The molecule has 3 heteroatoms. The quantitative estimate of drug-likeness (QED) is 0.680. The first-order chi connectivity index (χ1) is 8.67. The molecule has 0 saturated carbocycles. The van der Waals surface area contributed by atoms with Gasteiger partial charge in [0.15, 0.2) is 0 Å². The van der Waals surface area contributed by atoms with Crippen molar-refractivity contribution in [2.24, 2.45) is 5.92 Å². The highest BCUT2D eigenvalue weighted by Gasteiger charge is 2.11. The number of rotatable bonds is 7. The molecule has 0 spiro atoms. The summed E-state index contributed by atoms with van der Waals surface area (Å²) in [6, 6.07) is 5.44. The summed E-state index contributed by atoms with van der Waals surface area (Å²) in [6.07, 6.45) is 4.41. The van der Waals surface area contributed by atoms with Crippen LogP contribution in [0, 0.1) is 11.7 Å². The van der Waals surface area contributed by atoms with Gasteiger partial charge in [-0.3, -0.25) is 0 Å². The van der Waals surface area contributed by atoms with Crippen LogP contribution in [0.2, 0.25) is 0 Å². The first-order valence-corrected chi connectivity index (χ1v) is 6.60. The highest BCUT2D eigenvalue weighted by atomic mass is 19.1. The number of halogens is 1. The number of esters is 1. The average molecular weight is 252 g/mol. The van der Waals surface area contributed by atoms with Crippen molar-refractivity contribution in [1.82, 2.24) is 0 Å². The lowest BCUT2D eigenvalue weighted by atomic mass is 10.0. The number of carbonyl (C=O) groups is 1. The molecule has 1 aromatic rings. The minimum absolute atomic E-state index is 0.346. The van der Waals surface area contributed by atoms with Crippen LogP contribution in [0.3, 0.4) is 0 Å². The Labute approximate surface area is 108 Å². The van der Waals surface area contributed by atoms with Gasteiger partial charge in [-0.05, 0) is 36.6 Å². The number of benzene rings is 1. The Kier molecular flexibility index (Phi) is 6.40. The summed E-state index contributed by atoms with van der Waals surface area (Å²) in [4.78, 5) is 11.7. The molecular weight excluding hydrogens is 231 g/mol. The van der Waals surface area contributed by atoms with Crippen molar-refractivity contribution in [2.75, 3.05) is 6.61 Å². The third-order valence-corrected chi connectivity index (χ3v) is 3.07. The summed E-state index contributed by atoms with van der Waals surface area (Å²) in [5, 5.41) is 0. The number of hydrogen-bond acceptors (Lipinski definition) is 2. The van der Waals surface area contributed by atoms with Crippen molar-refractivity contribution in [1.29, 1.82) is 0 Å². The smallest absolute Gasteiger partial charge is 0.338 e. The molecule has 0 aromatic heterocycles. The maximum atomic E-state index is 12.7. The van der Waals surface area contributed by atoms with Gasteiger partial charge >= 0.3 is 5.97 Å². The number of carbonyl (C=O) groups excluding carboxylic acids is 1. The van der Waals surface area contributed by atoms with E-state index >= 15 is 0 Å². The third kappa shape index (κ3) is 4.86. The zero-order valence-corrected chi connectivity index (χ0v) is 11.1. The Balaban J connectivity index is 2.42. The van der Waals surface area contributed by atoms with Crippen molar-refractivity contribution >= 4 is 5.97 Å². The highest BCUT2D eigenvalue weighted by Crippen LogP contribution is 2.14. The Bertz CT molecular complexity index is 359. The van der Waals surface area contributed by atoms with Crippen LogP contribution in [-0.4, -0.2) is 12.6 Å². The molecular formula is C15H21FO2. The van der Waals surface area contributed by atoms with Crippen LogP contribution in [-0.2, 0) is 4.74 Å². The zero-order valence-electron chi connectivity index (χ0n) is 11.1. The first-order valence-electron chi connectivity index (χ1n) is 6.60. The number of hydrogen-bond donors (Lipinski definition) is 0. The van der Waals surface area contributed by atoms with Gasteiger partial charge in [0.25, 0.3) is 0 Å². The van der Waals surface area contributed by atoms with Gasteiger partial charge in [0.05, 0.1) is 12.2 Å². The van der Waals surface area contributed by atoms with Crippen molar-refractivity contribution in [3.05, 3.63) is 35.6 Å². The lowest BCUT2D eigenvalue weighted by Crippen LogP contribution is -2.14. The fourth-order valence-corrected chi connectivity index (χ4v) is 1.76. The maximum Gasteiger partial charge on any atom is 0.338 e. The molecule has 0 amide bonds. The summed E-state index contributed by atoms with van der Waals surface area (Å²) in [6.45, 7) is 4.70. The van der Waals surface area contributed by atoms with Crippen molar-refractivity contribution < 1.29 is 13.9 Å². The lowest BCUT2D eigenvalue weighted by molar-refractivity contribution is 0.0428. The molecule has 0 aliphatic rings. The molecule has 0 bridgehead atoms. The molecule has 0 radical (unpaired) electrons. The van der Waals surface area contributed by atoms with Crippen LogP contribution in [0.5, 0.6) is 0 Å². The fourth-order valence-electron chi connectivity index (χ4n) is 1.76. The van der Waals surface area contributed by atoms with E-state index in [9.17, 15) is 9.18 Å². The van der Waals surface area contributed by atoms with Crippen LogP contribution >= 0.6 is 0 Å². The normalized spacial score (nSPS) is 12.2. The molecule has 0 heterocycles. The Morgan fingerprint density at radius 3 is 2.50 bits per heavy atom. The highest BCUT2D eigenvalue weighted by molar-refractivity contribution is 5.89. The molecule has 0 fully saturated rings. The van der Waals surface area contributed by atoms with E-state index in [1.54, 1.807) is 0 Å². The predicted octanol–water partition coefficient (Wildman–Crippen LogP) is 4.20. The molecule has 1 rings (SSSR count). The van der Waals surface area contributed by atoms with Gasteiger partial charge in [0.1, 0.15) is 5.82 Å². The molecule has 0 saturated heterocycles. The van der Waals surface area contributed by atoms with Crippen LogP contribution in [0.25, 0.3) is 0 Å². The van der Waals surface area contributed by atoms with E-state index in [0.29, 0.717) is 18.1 Å². The topological polar surface area (TPSA) is 26.3 Å². The van der Waals surface area contributed by atoms with Gasteiger partial charge in [-0.15, -0.1) is 0 Å². The van der Waals surface area contributed by atoms with E-state index < -0.39 is 0 Å². The first kappa shape index (κ1) is 14.7. The largest absolute Gasteiger partial charge is 0.462 e. The van der Waals surface area contributed by atoms with E-state index in [-0.39, 0.29) is 11.8 Å². The SMILES string of the molecule is CCCCC(CC)COC(=O)c1ccc(F)cc1. The second kappa shape index (κ2) is 7.85. The van der Waals surface area contributed by atoms with Gasteiger partial charge in [-0.2, -0.15) is 0 Å². The van der Waals surface area contributed by atoms with Gasteiger partial charge in [-0.25, -0.2) is 9.18 Å². The van der Waals surface area contributed by atoms with Gasteiger partial charge in [0, 0.05) is 0 Å². The van der Waals surface area contributed by atoms with Crippen molar-refractivity contribution in [2.45, 2.75) is 39.5 Å². The van der Waals surface area contributed by atoms with Gasteiger partial charge < -0.3 is 4.74 Å². The zero-order chi connectivity index (χ0) is 13.4. The molecule has 0 N–H and O–H groups in total. The Hall–Kier alpha value is -1.38. The third-order valence-electron chi connectivity index (χ3n) is 3.07. The predicted molar refractivity (Wildman–Crippen MR) is 70.0 cm³/mol. The van der Waals surface area contributed by atoms with E-state index in [0.717, 1.165) is 25.7 Å². The second-order valence-corrected chi connectivity index (χ2v) is 4.52. The van der Waals surface area contributed by atoms with Crippen molar-refractivity contribution in [3.63, 3.8) is 0 Å². The van der Waals surface area contributed by atoms with Crippen LogP contribution in [0.4, 0.5) is 4.39 Å². The van der Waals surface area contributed by atoms with E-state index in [2.05, 4.69) is 13.8 Å². The van der Waals surface area contributed by atoms with Crippen LogP contribution in [0.1, 0.15) is 49.9 Å². The Morgan fingerprint density at radius 1 is 1.28 bits per heavy atom. The lowest BCUT2D eigenvalue weighted by Gasteiger charge is -2.14. The molecule has 0 aliphatic heterocycles. The van der Waals surface area contributed by atoms with Gasteiger partial charge in [-0.1, -0.05) is 33.1 Å². The molecule has 100 valence electrons. The maximum absolute atomic E-state index is 12.7. The molecule has 1 unspecified atom stereocenters. The second-order valence-electron chi connectivity index (χ2n) is 4.52. The minimum atomic E-state index is -0.370. The van der Waals surface area contributed by atoms with Gasteiger partial charge in [0.2, 0.25) is 0 Å². The number of unbranched alkanes of at least 4 members (excludes halogenated alkanes) is 1. The fraction of sp³-hybridized carbons (Fsp3) is 0.533. The van der Waals surface area contributed by atoms with E-state index in [4.69, 9.17) is 4.74 Å². The molecule has 1 atom stereocenters. The van der Waals surface area contributed by atoms with Crippen molar-refractivity contribution in [3.8, 4) is 0 Å². The van der Waals surface area contributed by atoms with E-state index in [1.807, 2.05) is 0 Å². The summed E-state index contributed by atoms with van der Waals surface area (Å²) in [5.74, 6) is -0.291. The van der Waals surface area contributed by atoms with Crippen LogP contribution in [0.15, 0.2) is 24.3 Å². The monoisotopic (exact) mass is 252 g/mol. The minimum Gasteiger partial charge on any atom is -0.462 e. The summed E-state index contributed by atoms with van der Waals surface area (Å²) in [7, 11) is 0.